The minimum absolute atomic E-state index is 0.0264. The van der Waals surface area contributed by atoms with Crippen molar-refractivity contribution < 1.29 is 15.0 Å². The molecule has 4 aliphatic carbocycles. The summed E-state index contributed by atoms with van der Waals surface area (Å²) in [6.07, 6.45) is 8.24. The van der Waals surface area contributed by atoms with Gasteiger partial charge >= 0.3 is 5.97 Å². The van der Waals surface area contributed by atoms with E-state index in [1.54, 1.807) is 0 Å². The number of aliphatic hydroxyl groups is 1. The minimum Gasteiger partial charge on any atom is -0.481 e. The molecule has 126 valence electrons. The first-order chi connectivity index (χ1) is 10.7. The van der Waals surface area contributed by atoms with E-state index in [2.05, 4.69) is 19.6 Å². The lowest BCUT2D eigenvalue weighted by Gasteiger charge is -2.61. The molecule has 3 fully saturated rings. The Morgan fingerprint density at radius 1 is 1.35 bits per heavy atom. The Hall–Kier alpha value is -1.09. The molecule has 0 aliphatic heterocycles. The summed E-state index contributed by atoms with van der Waals surface area (Å²) in [5.74, 6) is -0.150. The van der Waals surface area contributed by atoms with Gasteiger partial charge in [-0.25, -0.2) is 0 Å². The quantitative estimate of drug-likeness (QED) is 0.721. The van der Waals surface area contributed by atoms with E-state index in [0.29, 0.717) is 12.3 Å². The van der Waals surface area contributed by atoms with Crippen LogP contribution in [0.15, 0.2) is 23.8 Å². The van der Waals surface area contributed by atoms with Gasteiger partial charge in [-0.2, -0.15) is 0 Å². The summed E-state index contributed by atoms with van der Waals surface area (Å²) in [6, 6.07) is 0. The van der Waals surface area contributed by atoms with Gasteiger partial charge in [-0.1, -0.05) is 37.1 Å². The van der Waals surface area contributed by atoms with E-state index < -0.39 is 17.5 Å². The molecule has 4 rings (SSSR count). The fourth-order valence-corrected chi connectivity index (χ4v) is 6.78. The molecule has 0 saturated heterocycles. The van der Waals surface area contributed by atoms with Gasteiger partial charge in [0.05, 0.1) is 11.5 Å². The lowest BCUT2D eigenvalue weighted by Crippen LogP contribution is -2.58. The standard InChI is InChI=1S/C20H28O3/c1-12-10-20-11-13(12)5-6-14(20)18(2)7-4-8-19(3,17(22)23)15(18)9-16(20)21/h6,13,15-16,21H,1,4-5,7-11H2,2-3H3,(H,22,23)/t13-,15+,16+,18+,19-,20+/m1/s1. The fraction of sp³-hybridized carbons (Fsp3) is 0.750. The maximum atomic E-state index is 12.0. The van der Waals surface area contributed by atoms with Crippen LogP contribution in [0.25, 0.3) is 0 Å². The van der Waals surface area contributed by atoms with Crippen LogP contribution in [-0.4, -0.2) is 22.3 Å². The number of aliphatic carboxylic acids is 1. The molecule has 0 amide bonds. The van der Waals surface area contributed by atoms with Crippen LogP contribution in [0.1, 0.15) is 58.8 Å². The molecule has 3 nitrogen and oxygen atoms in total. The zero-order chi connectivity index (χ0) is 16.6. The first kappa shape index (κ1) is 15.4. The molecule has 0 aromatic heterocycles. The van der Waals surface area contributed by atoms with Crippen molar-refractivity contribution >= 4 is 5.97 Å². The largest absolute Gasteiger partial charge is 0.481 e. The Labute approximate surface area is 138 Å². The predicted molar refractivity (Wildman–Crippen MR) is 88.8 cm³/mol. The minimum atomic E-state index is -0.719. The number of fused-ring (bicyclic) bond motifs is 3. The molecule has 23 heavy (non-hydrogen) atoms. The number of aliphatic hydroxyl groups excluding tert-OH is 1. The van der Waals surface area contributed by atoms with Crippen LogP contribution in [0.5, 0.6) is 0 Å². The van der Waals surface area contributed by atoms with Gasteiger partial charge in [-0.3, -0.25) is 4.79 Å². The molecule has 0 unspecified atom stereocenters. The highest BCUT2D eigenvalue weighted by Crippen LogP contribution is 2.70. The zero-order valence-electron chi connectivity index (χ0n) is 14.3. The van der Waals surface area contributed by atoms with Crippen LogP contribution in [-0.2, 0) is 4.79 Å². The Bertz CT molecular complexity index is 620. The van der Waals surface area contributed by atoms with Gasteiger partial charge in [-0.15, -0.1) is 0 Å². The number of carboxylic acids is 1. The second-order valence-electron chi connectivity index (χ2n) is 9.04. The van der Waals surface area contributed by atoms with Crippen molar-refractivity contribution in [3.63, 3.8) is 0 Å². The van der Waals surface area contributed by atoms with Crippen molar-refractivity contribution in [2.75, 3.05) is 0 Å². The van der Waals surface area contributed by atoms with E-state index in [4.69, 9.17) is 0 Å². The average molecular weight is 316 g/mol. The van der Waals surface area contributed by atoms with Crippen molar-refractivity contribution in [1.29, 1.82) is 0 Å². The first-order valence-electron chi connectivity index (χ1n) is 9.04. The Balaban J connectivity index is 1.84. The molecule has 2 N–H and O–H groups in total. The van der Waals surface area contributed by atoms with Gasteiger partial charge in [0.1, 0.15) is 0 Å². The maximum absolute atomic E-state index is 12.0. The van der Waals surface area contributed by atoms with E-state index >= 15 is 0 Å². The molecule has 6 atom stereocenters. The van der Waals surface area contributed by atoms with Gasteiger partial charge in [0.15, 0.2) is 0 Å². The molecule has 3 saturated carbocycles. The summed E-state index contributed by atoms with van der Waals surface area (Å²) >= 11 is 0. The van der Waals surface area contributed by atoms with Crippen molar-refractivity contribution in [2.45, 2.75) is 64.9 Å². The molecule has 3 heteroatoms. The van der Waals surface area contributed by atoms with Gasteiger partial charge in [-0.05, 0) is 62.7 Å². The third kappa shape index (κ3) is 1.72. The first-order valence-corrected chi connectivity index (χ1v) is 9.04. The van der Waals surface area contributed by atoms with Crippen LogP contribution in [0.2, 0.25) is 0 Å². The second kappa shape index (κ2) is 4.50. The number of carboxylic acid groups (broad SMARTS) is 1. The fourth-order valence-electron chi connectivity index (χ4n) is 6.78. The highest BCUT2D eigenvalue weighted by atomic mass is 16.4. The van der Waals surface area contributed by atoms with E-state index in [-0.39, 0.29) is 16.7 Å². The van der Waals surface area contributed by atoms with Gasteiger partial charge in [0.25, 0.3) is 0 Å². The molecule has 0 aromatic carbocycles. The third-order valence-corrected chi connectivity index (χ3v) is 8.00. The van der Waals surface area contributed by atoms with Crippen LogP contribution < -0.4 is 0 Å². The number of rotatable bonds is 1. The average Bonchev–Trinajstić information content (AvgIpc) is 2.73. The van der Waals surface area contributed by atoms with E-state index in [9.17, 15) is 15.0 Å². The molecule has 0 heterocycles. The second-order valence-corrected chi connectivity index (χ2v) is 9.04. The predicted octanol–water partition coefficient (Wildman–Crippen LogP) is 3.93. The third-order valence-electron chi connectivity index (χ3n) is 8.00. The van der Waals surface area contributed by atoms with Crippen LogP contribution in [0, 0.1) is 28.1 Å². The highest BCUT2D eigenvalue weighted by molar-refractivity contribution is 5.75. The summed E-state index contributed by atoms with van der Waals surface area (Å²) in [4.78, 5) is 12.0. The van der Waals surface area contributed by atoms with E-state index in [0.717, 1.165) is 38.5 Å². The van der Waals surface area contributed by atoms with Crippen molar-refractivity contribution in [2.24, 2.45) is 28.1 Å². The van der Waals surface area contributed by atoms with Crippen molar-refractivity contribution in [3.05, 3.63) is 23.8 Å². The maximum Gasteiger partial charge on any atom is 0.309 e. The smallest absolute Gasteiger partial charge is 0.309 e. The van der Waals surface area contributed by atoms with Crippen LogP contribution in [0.3, 0.4) is 0 Å². The summed E-state index contributed by atoms with van der Waals surface area (Å²) in [5.41, 5.74) is 1.70. The van der Waals surface area contributed by atoms with Crippen LogP contribution in [0.4, 0.5) is 0 Å². The lowest BCUT2D eigenvalue weighted by molar-refractivity contribution is -0.167. The van der Waals surface area contributed by atoms with Crippen LogP contribution >= 0.6 is 0 Å². The molecule has 4 aliphatic rings. The SMILES string of the molecule is C=C1C[C@]23C[C@H]1CC=C2[C@]1(C)CCC[C@@](C)(C(=O)O)[C@H]1C[C@@H]3O. The van der Waals surface area contributed by atoms with Gasteiger partial charge in [0.2, 0.25) is 0 Å². The zero-order valence-corrected chi connectivity index (χ0v) is 14.3. The molecule has 2 bridgehead atoms. The van der Waals surface area contributed by atoms with Crippen molar-refractivity contribution in [3.8, 4) is 0 Å². The number of hydrogen-bond donors (Lipinski definition) is 2. The molecular weight excluding hydrogens is 288 g/mol. The Morgan fingerprint density at radius 3 is 2.78 bits per heavy atom. The number of carbonyl (C=O) groups is 1. The van der Waals surface area contributed by atoms with Gasteiger partial charge < -0.3 is 10.2 Å². The summed E-state index contributed by atoms with van der Waals surface area (Å²) in [7, 11) is 0. The summed E-state index contributed by atoms with van der Waals surface area (Å²) < 4.78 is 0. The summed E-state index contributed by atoms with van der Waals surface area (Å²) in [6.45, 7) is 8.44. The Morgan fingerprint density at radius 2 is 2.09 bits per heavy atom. The normalized spacial score (nSPS) is 51.7. The molecular formula is C20H28O3. The van der Waals surface area contributed by atoms with E-state index in [1.165, 1.54) is 11.1 Å². The summed E-state index contributed by atoms with van der Waals surface area (Å²) in [5, 5.41) is 21.0. The van der Waals surface area contributed by atoms with Crippen molar-refractivity contribution in [1.82, 2.24) is 0 Å². The molecule has 0 aromatic rings. The molecule has 0 radical (unpaired) electrons. The monoisotopic (exact) mass is 316 g/mol. The molecule has 1 spiro atoms. The number of allylic oxidation sites excluding steroid dienone is 2. The van der Waals surface area contributed by atoms with E-state index in [1.807, 2.05) is 6.92 Å². The lowest BCUT2D eigenvalue weighted by atomic mass is 9.43. The Kier molecular flexibility index (Phi) is 3.02. The van der Waals surface area contributed by atoms with Gasteiger partial charge in [0, 0.05) is 5.41 Å². The number of hydrogen-bond acceptors (Lipinski definition) is 2. The topological polar surface area (TPSA) is 57.5 Å². The highest BCUT2D eigenvalue weighted by Gasteiger charge is 2.65.